The topological polar surface area (TPSA) is 146 Å². The van der Waals surface area contributed by atoms with E-state index in [9.17, 15) is 18.8 Å². The standard InChI is InChI=1S/C32H33FN4O8/c1-5-43-31(39)28-19(2)35-32(40)36-29(28)21-11-14-24(26(15-21)42-4)44-18-27(38)37-34-16-22-7-6-8-25(41-3)30(22)45-17-20-9-12-23(33)13-10-20/h6-16,29H,5,17-18H2,1-4H3,(H,37,38)(H2,35,36,40)/b34-16+/t29-/m0/s1. The monoisotopic (exact) mass is 620 g/mol. The molecule has 0 saturated heterocycles. The molecule has 1 atom stereocenters. The fourth-order valence-electron chi connectivity index (χ4n) is 4.44. The van der Waals surface area contributed by atoms with E-state index in [4.69, 9.17) is 23.7 Å². The smallest absolute Gasteiger partial charge is 0.338 e. The summed E-state index contributed by atoms with van der Waals surface area (Å²) in [6.45, 7) is 3.24. The fraction of sp³-hybridized carbons (Fsp3) is 0.250. The molecule has 4 rings (SSSR count). The van der Waals surface area contributed by atoms with Crippen molar-refractivity contribution in [1.82, 2.24) is 16.1 Å². The van der Waals surface area contributed by atoms with Crippen molar-refractivity contribution in [2.24, 2.45) is 5.10 Å². The van der Waals surface area contributed by atoms with Gasteiger partial charge in [0.05, 0.1) is 38.7 Å². The van der Waals surface area contributed by atoms with Gasteiger partial charge in [-0.2, -0.15) is 5.10 Å². The second kappa shape index (κ2) is 15.2. The van der Waals surface area contributed by atoms with Gasteiger partial charge < -0.3 is 34.3 Å². The first-order valence-electron chi connectivity index (χ1n) is 13.9. The van der Waals surface area contributed by atoms with E-state index >= 15 is 0 Å². The zero-order valence-electron chi connectivity index (χ0n) is 25.1. The van der Waals surface area contributed by atoms with E-state index in [1.54, 1.807) is 62.4 Å². The van der Waals surface area contributed by atoms with Crippen LogP contribution in [-0.2, 0) is 20.9 Å². The molecule has 13 heteroatoms. The van der Waals surface area contributed by atoms with Gasteiger partial charge >= 0.3 is 12.0 Å². The number of benzene rings is 3. The number of nitrogens with zero attached hydrogens (tertiary/aromatic N) is 1. The number of amides is 3. The van der Waals surface area contributed by atoms with Gasteiger partial charge in [-0.05, 0) is 61.4 Å². The van der Waals surface area contributed by atoms with Gasteiger partial charge in [0.25, 0.3) is 5.91 Å². The SMILES string of the molecule is CCOC(=O)C1=C(C)NC(=O)N[C@H]1c1ccc(OCC(=O)N/N=C/c2cccc(OC)c2OCc2ccc(F)cc2)c(OC)c1. The minimum absolute atomic E-state index is 0.159. The zero-order chi connectivity index (χ0) is 32.3. The highest BCUT2D eigenvalue weighted by atomic mass is 19.1. The van der Waals surface area contributed by atoms with Crippen LogP contribution in [-0.4, -0.2) is 51.6 Å². The van der Waals surface area contributed by atoms with Gasteiger partial charge in [-0.25, -0.2) is 19.4 Å². The maximum Gasteiger partial charge on any atom is 0.338 e. The summed E-state index contributed by atoms with van der Waals surface area (Å²) < 4.78 is 40.8. The molecule has 0 spiro atoms. The van der Waals surface area contributed by atoms with Crippen molar-refractivity contribution in [3.8, 4) is 23.0 Å². The van der Waals surface area contributed by atoms with Crippen LogP contribution in [0.15, 0.2) is 77.0 Å². The van der Waals surface area contributed by atoms with E-state index in [-0.39, 0.29) is 36.1 Å². The number of methoxy groups -OCH3 is 2. The predicted octanol–water partition coefficient (Wildman–Crippen LogP) is 4.14. The van der Waals surface area contributed by atoms with Gasteiger partial charge in [0.15, 0.2) is 29.6 Å². The number of halogens is 1. The second-order valence-corrected chi connectivity index (χ2v) is 9.58. The Balaban J connectivity index is 1.40. The lowest BCUT2D eigenvalue weighted by Gasteiger charge is -2.28. The molecule has 3 amide bonds. The number of ether oxygens (including phenoxy) is 5. The molecular formula is C32H33FN4O8. The van der Waals surface area contributed by atoms with Crippen molar-refractivity contribution in [2.75, 3.05) is 27.4 Å². The van der Waals surface area contributed by atoms with Gasteiger partial charge in [0, 0.05) is 11.3 Å². The Morgan fingerprint density at radius 2 is 1.76 bits per heavy atom. The van der Waals surface area contributed by atoms with E-state index in [0.29, 0.717) is 28.3 Å². The number of hydrogen-bond acceptors (Lipinski definition) is 9. The first-order chi connectivity index (χ1) is 21.7. The molecule has 3 aromatic rings. The summed E-state index contributed by atoms with van der Waals surface area (Å²) in [4.78, 5) is 37.3. The lowest BCUT2D eigenvalue weighted by molar-refractivity contribution is -0.139. The summed E-state index contributed by atoms with van der Waals surface area (Å²) in [6.07, 6.45) is 1.40. The molecule has 45 heavy (non-hydrogen) atoms. The molecule has 0 unspecified atom stereocenters. The Morgan fingerprint density at radius 3 is 2.47 bits per heavy atom. The highest BCUT2D eigenvalue weighted by Crippen LogP contribution is 2.35. The molecule has 0 aliphatic carbocycles. The van der Waals surface area contributed by atoms with E-state index in [0.717, 1.165) is 5.56 Å². The second-order valence-electron chi connectivity index (χ2n) is 9.58. The quantitative estimate of drug-likeness (QED) is 0.147. The summed E-state index contributed by atoms with van der Waals surface area (Å²) in [5, 5.41) is 9.32. The third kappa shape index (κ3) is 8.28. The Labute approximate surface area is 259 Å². The number of carbonyl (C=O) groups is 3. The van der Waals surface area contributed by atoms with Crippen molar-refractivity contribution in [3.63, 3.8) is 0 Å². The van der Waals surface area contributed by atoms with Crippen LogP contribution in [0.5, 0.6) is 23.0 Å². The minimum Gasteiger partial charge on any atom is -0.493 e. The summed E-state index contributed by atoms with van der Waals surface area (Å²) >= 11 is 0. The number of para-hydroxylation sites is 1. The first kappa shape index (κ1) is 32.3. The third-order valence-corrected chi connectivity index (χ3v) is 6.56. The third-order valence-electron chi connectivity index (χ3n) is 6.56. The molecule has 0 radical (unpaired) electrons. The Kier molecular flexibility index (Phi) is 10.9. The van der Waals surface area contributed by atoms with E-state index in [2.05, 4.69) is 21.2 Å². The lowest BCUT2D eigenvalue weighted by atomic mass is 9.95. The molecule has 3 aromatic carbocycles. The Bertz CT molecular complexity index is 1610. The van der Waals surface area contributed by atoms with Crippen LogP contribution in [0.2, 0.25) is 0 Å². The van der Waals surface area contributed by atoms with Crippen LogP contribution < -0.4 is 35.0 Å². The first-order valence-corrected chi connectivity index (χ1v) is 13.9. The number of carbonyl (C=O) groups excluding carboxylic acids is 3. The maximum atomic E-state index is 13.2. The molecule has 1 aliphatic heterocycles. The fourth-order valence-corrected chi connectivity index (χ4v) is 4.44. The molecule has 236 valence electrons. The molecule has 0 aromatic heterocycles. The maximum absolute atomic E-state index is 13.2. The van der Waals surface area contributed by atoms with E-state index in [1.165, 1.54) is 32.6 Å². The summed E-state index contributed by atoms with van der Waals surface area (Å²) in [5.74, 6) is -0.0874. The van der Waals surface area contributed by atoms with Crippen molar-refractivity contribution >= 4 is 24.1 Å². The van der Waals surface area contributed by atoms with Crippen LogP contribution in [0, 0.1) is 5.82 Å². The molecular weight excluding hydrogens is 587 g/mol. The lowest BCUT2D eigenvalue weighted by Crippen LogP contribution is -2.45. The van der Waals surface area contributed by atoms with Gasteiger partial charge in [0.2, 0.25) is 0 Å². The van der Waals surface area contributed by atoms with Gasteiger partial charge in [0.1, 0.15) is 12.4 Å². The van der Waals surface area contributed by atoms with Gasteiger partial charge in [-0.3, -0.25) is 4.79 Å². The number of hydrazone groups is 1. The van der Waals surface area contributed by atoms with E-state index < -0.39 is 30.6 Å². The van der Waals surface area contributed by atoms with Gasteiger partial charge in [-0.1, -0.05) is 24.3 Å². The van der Waals surface area contributed by atoms with Crippen molar-refractivity contribution in [2.45, 2.75) is 26.5 Å². The van der Waals surface area contributed by atoms with Crippen LogP contribution in [0.3, 0.4) is 0 Å². The van der Waals surface area contributed by atoms with Crippen LogP contribution in [0.25, 0.3) is 0 Å². The number of rotatable bonds is 13. The van der Waals surface area contributed by atoms with E-state index in [1.807, 2.05) is 0 Å². The molecule has 1 heterocycles. The van der Waals surface area contributed by atoms with Crippen molar-refractivity contribution in [3.05, 3.63) is 94.4 Å². The van der Waals surface area contributed by atoms with Crippen molar-refractivity contribution in [1.29, 1.82) is 0 Å². The number of urea groups is 1. The number of hydrogen-bond donors (Lipinski definition) is 3. The van der Waals surface area contributed by atoms with Gasteiger partial charge in [-0.15, -0.1) is 0 Å². The largest absolute Gasteiger partial charge is 0.493 e. The average Bonchev–Trinajstić information content (AvgIpc) is 3.03. The minimum atomic E-state index is -0.792. The normalized spacial score (nSPS) is 14.3. The highest BCUT2D eigenvalue weighted by molar-refractivity contribution is 5.95. The molecule has 0 bridgehead atoms. The molecule has 12 nitrogen and oxygen atoms in total. The summed E-state index contributed by atoms with van der Waals surface area (Å²) in [5.41, 5.74) is 4.86. The molecule has 3 N–H and O–H groups in total. The number of allylic oxidation sites excluding steroid dienone is 1. The van der Waals surface area contributed by atoms with Crippen molar-refractivity contribution < 1.29 is 42.5 Å². The van der Waals surface area contributed by atoms with Crippen LogP contribution in [0.4, 0.5) is 9.18 Å². The predicted molar refractivity (Wildman–Crippen MR) is 162 cm³/mol. The molecule has 0 fully saturated rings. The molecule has 1 aliphatic rings. The summed E-state index contributed by atoms with van der Waals surface area (Å²) in [6, 6.07) is 14.7. The Morgan fingerprint density at radius 1 is 1.00 bits per heavy atom. The zero-order valence-corrected chi connectivity index (χ0v) is 25.1. The van der Waals surface area contributed by atoms with Crippen LogP contribution >= 0.6 is 0 Å². The van der Waals surface area contributed by atoms with Crippen LogP contribution in [0.1, 0.15) is 36.6 Å². The average molecular weight is 621 g/mol. The number of nitrogens with one attached hydrogen (secondary N) is 3. The molecule has 0 saturated carbocycles. The number of esters is 1. The Hall–Kier alpha value is -5.59. The summed E-state index contributed by atoms with van der Waals surface area (Å²) in [7, 11) is 2.93. The highest BCUT2D eigenvalue weighted by Gasteiger charge is 2.32.